The highest BCUT2D eigenvalue weighted by molar-refractivity contribution is 6.34. The van der Waals surface area contributed by atoms with E-state index >= 15 is 0 Å². The van der Waals surface area contributed by atoms with Crippen LogP contribution in [0.2, 0.25) is 10.0 Å². The van der Waals surface area contributed by atoms with Crippen molar-refractivity contribution in [1.82, 2.24) is 4.57 Å². The second-order valence-corrected chi connectivity index (χ2v) is 6.81. The zero-order valence-corrected chi connectivity index (χ0v) is 15.2. The molecular formula is C20H17Cl2NO2. The average molecular weight is 374 g/mol. The third kappa shape index (κ3) is 4.06. The molecule has 5 heteroatoms. The minimum atomic E-state index is -0.825. The van der Waals surface area contributed by atoms with Crippen LogP contribution in [-0.4, -0.2) is 15.6 Å². The van der Waals surface area contributed by atoms with E-state index in [0.29, 0.717) is 16.5 Å². The van der Waals surface area contributed by atoms with Crippen LogP contribution in [0.25, 0.3) is 16.9 Å². The molecule has 1 heterocycles. The summed E-state index contributed by atoms with van der Waals surface area (Å²) in [6, 6.07) is 17.5. The van der Waals surface area contributed by atoms with Gasteiger partial charge in [0.1, 0.15) is 0 Å². The molecule has 3 rings (SSSR count). The lowest BCUT2D eigenvalue weighted by atomic mass is 10.1. The lowest BCUT2D eigenvalue weighted by molar-refractivity contribution is -0.136. The fraction of sp³-hybridized carbons (Fsp3) is 0.150. The first-order chi connectivity index (χ1) is 11.9. The molecule has 0 aliphatic rings. The Balaban J connectivity index is 2.15. The van der Waals surface area contributed by atoms with Gasteiger partial charge in [-0.15, -0.1) is 0 Å². The summed E-state index contributed by atoms with van der Waals surface area (Å²) in [5.41, 5.74) is 4.91. The summed E-state index contributed by atoms with van der Waals surface area (Å²) in [5, 5.41) is 10.1. The molecule has 1 aromatic heterocycles. The van der Waals surface area contributed by atoms with E-state index in [1.165, 1.54) is 5.56 Å². The van der Waals surface area contributed by atoms with Crippen molar-refractivity contribution in [2.45, 2.75) is 19.8 Å². The quantitative estimate of drug-likeness (QED) is 0.615. The summed E-state index contributed by atoms with van der Waals surface area (Å²) in [5.74, 6) is -0.825. The van der Waals surface area contributed by atoms with Crippen molar-refractivity contribution in [3.8, 4) is 16.9 Å². The van der Waals surface area contributed by atoms with E-state index in [1.807, 2.05) is 47.9 Å². The number of hydrogen-bond donors (Lipinski definition) is 1. The van der Waals surface area contributed by atoms with Crippen molar-refractivity contribution in [3.05, 3.63) is 75.9 Å². The highest BCUT2D eigenvalue weighted by Crippen LogP contribution is 2.30. The molecule has 3 aromatic rings. The minimum absolute atomic E-state index is 0.0612. The van der Waals surface area contributed by atoms with E-state index < -0.39 is 5.97 Å². The predicted octanol–water partition coefficient (Wildman–Crippen LogP) is 5.78. The number of halogens is 2. The molecule has 0 saturated heterocycles. The number of rotatable bonds is 5. The van der Waals surface area contributed by atoms with Crippen molar-refractivity contribution in [3.63, 3.8) is 0 Å². The maximum atomic E-state index is 11.0. The third-order valence-corrected chi connectivity index (χ3v) is 4.45. The molecule has 0 aliphatic carbocycles. The van der Waals surface area contributed by atoms with Gasteiger partial charge in [0.25, 0.3) is 0 Å². The normalized spacial score (nSPS) is 10.8. The molecule has 0 spiro atoms. The lowest BCUT2D eigenvalue weighted by Gasteiger charge is -2.15. The van der Waals surface area contributed by atoms with E-state index in [0.717, 1.165) is 22.6 Å². The zero-order valence-electron chi connectivity index (χ0n) is 13.7. The first-order valence-corrected chi connectivity index (χ1v) is 8.65. The van der Waals surface area contributed by atoms with Crippen LogP contribution in [0, 0.1) is 6.92 Å². The number of carbonyl (C=O) groups is 1. The van der Waals surface area contributed by atoms with E-state index in [1.54, 1.807) is 6.07 Å². The Kier molecular flexibility index (Phi) is 5.16. The van der Waals surface area contributed by atoms with Gasteiger partial charge in [0, 0.05) is 21.4 Å². The summed E-state index contributed by atoms with van der Waals surface area (Å²) < 4.78 is 2.02. The van der Waals surface area contributed by atoms with Gasteiger partial charge in [-0.1, -0.05) is 53.0 Å². The summed E-state index contributed by atoms with van der Waals surface area (Å²) in [6.07, 6.45) is 0.483. The molecule has 0 fully saturated rings. The highest BCUT2D eigenvalue weighted by atomic mass is 35.5. The first-order valence-electron chi connectivity index (χ1n) is 7.90. The molecule has 0 radical (unpaired) electrons. The molecule has 3 nitrogen and oxygen atoms in total. The Morgan fingerprint density at radius 1 is 1.00 bits per heavy atom. The molecule has 0 aliphatic heterocycles. The number of carboxylic acid groups (broad SMARTS) is 1. The lowest BCUT2D eigenvalue weighted by Crippen LogP contribution is -2.05. The summed E-state index contributed by atoms with van der Waals surface area (Å²) >= 11 is 12.3. The monoisotopic (exact) mass is 373 g/mol. The Hall–Kier alpha value is -2.23. The van der Waals surface area contributed by atoms with Gasteiger partial charge >= 0.3 is 5.97 Å². The number of carboxylic acids is 1. The second-order valence-electron chi connectivity index (χ2n) is 5.93. The zero-order chi connectivity index (χ0) is 18.0. The van der Waals surface area contributed by atoms with Gasteiger partial charge in [-0.25, -0.2) is 0 Å². The molecule has 0 unspecified atom stereocenters. The topological polar surface area (TPSA) is 42.2 Å². The number of aliphatic carboxylic acids is 1. The minimum Gasteiger partial charge on any atom is -0.481 e. The number of nitrogens with zero attached hydrogens (tertiary/aromatic N) is 1. The van der Waals surface area contributed by atoms with E-state index in [2.05, 4.69) is 12.1 Å². The molecular weight excluding hydrogens is 357 g/mol. The van der Waals surface area contributed by atoms with Crippen LogP contribution in [0.3, 0.4) is 0 Å². The van der Waals surface area contributed by atoms with Crippen LogP contribution in [0.5, 0.6) is 0 Å². The molecule has 0 atom stereocenters. The molecule has 128 valence electrons. The van der Waals surface area contributed by atoms with Crippen LogP contribution in [0.1, 0.15) is 17.7 Å². The predicted molar refractivity (Wildman–Crippen MR) is 102 cm³/mol. The van der Waals surface area contributed by atoms with Gasteiger partial charge in [-0.2, -0.15) is 0 Å². The molecule has 0 saturated carbocycles. The molecule has 1 N–H and O–H groups in total. The number of benzene rings is 2. The van der Waals surface area contributed by atoms with Gasteiger partial charge in [-0.05, 0) is 49.2 Å². The van der Waals surface area contributed by atoms with Gasteiger partial charge in [0.15, 0.2) is 0 Å². The number of aryl methyl sites for hydroxylation is 2. The van der Waals surface area contributed by atoms with Gasteiger partial charge in [-0.3, -0.25) is 4.79 Å². The second kappa shape index (κ2) is 7.34. The van der Waals surface area contributed by atoms with Crippen molar-refractivity contribution in [1.29, 1.82) is 0 Å². The Labute approximate surface area is 156 Å². The van der Waals surface area contributed by atoms with Crippen molar-refractivity contribution >= 4 is 29.2 Å². The molecule has 0 bridgehead atoms. The Morgan fingerprint density at radius 3 is 2.24 bits per heavy atom. The van der Waals surface area contributed by atoms with Crippen molar-refractivity contribution < 1.29 is 9.90 Å². The smallest absolute Gasteiger partial charge is 0.303 e. The average Bonchev–Trinajstić information content (AvgIpc) is 2.96. The number of hydrogen-bond acceptors (Lipinski definition) is 1. The SMILES string of the molecule is Cc1ccc(-c2ccc(CCC(=O)O)n2-c2cc(Cl)cc(Cl)c2)cc1. The Bertz CT molecular complexity index is 894. The number of aromatic nitrogens is 1. The highest BCUT2D eigenvalue weighted by Gasteiger charge is 2.14. The summed E-state index contributed by atoms with van der Waals surface area (Å²) in [4.78, 5) is 11.0. The van der Waals surface area contributed by atoms with Gasteiger partial charge in [0.2, 0.25) is 0 Å². The largest absolute Gasteiger partial charge is 0.481 e. The maximum Gasteiger partial charge on any atom is 0.303 e. The van der Waals surface area contributed by atoms with E-state index in [9.17, 15) is 4.79 Å². The standard InChI is InChI=1S/C20H17Cl2NO2/c1-13-2-4-14(5-3-13)19-8-6-17(7-9-20(24)25)23(19)18-11-15(21)10-16(22)12-18/h2-6,8,10-12H,7,9H2,1H3,(H,24,25). The van der Waals surface area contributed by atoms with E-state index in [-0.39, 0.29) is 6.42 Å². The van der Waals surface area contributed by atoms with Crippen LogP contribution in [-0.2, 0) is 11.2 Å². The summed E-state index contributed by atoms with van der Waals surface area (Å²) in [7, 11) is 0. The fourth-order valence-electron chi connectivity index (χ4n) is 2.83. The first kappa shape index (κ1) is 17.6. The van der Waals surface area contributed by atoms with E-state index in [4.69, 9.17) is 28.3 Å². The molecule has 25 heavy (non-hydrogen) atoms. The Morgan fingerprint density at radius 2 is 1.64 bits per heavy atom. The van der Waals surface area contributed by atoms with Crippen molar-refractivity contribution in [2.75, 3.05) is 0 Å². The van der Waals surface area contributed by atoms with Crippen LogP contribution in [0.15, 0.2) is 54.6 Å². The third-order valence-electron chi connectivity index (χ3n) is 4.01. The van der Waals surface area contributed by atoms with Crippen LogP contribution in [0.4, 0.5) is 0 Å². The summed E-state index contributed by atoms with van der Waals surface area (Å²) in [6.45, 7) is 2.04. The fourth-order valence-corrected chi connectivity index (χ4v) is 3.35. The van der Waals surface area contributed by atoms with Gasteiger partial charge < -0.3 is 9.67 Å². The maximum absolute atomic E-state index is 11.0. The van der Waals surface area contributed by atoms with Gasteiger partial charge in [0.05, 0.1) is 12.1 Å². The molecule has 0 amide bonds. The molecule has 2 aromatic carbocycles. The van der Waals surface area contributed by atoms with Crippen LogP contribution >= 0.6 is 23.2 Å². The van der Waals surface area contributed by atoms with Crippen molar-refractivity contribution in [2.24, 2.45) is 0 Å². The van der Waals surface area contributed by atoms with Crippen LogP contribution < -0.4 is 0 Å².